The van der Waals surface area contributed by atoms with Crippen LogP contribution < -0.4 is 10.9 Å². The number of hydrogen-bond acceptors (Lipinski definition) is 7. The third-order valence-electron chi connectivity index (χ3n) is 7.91. The molecule has 0 aliphatic carbocycles. The van der Waals surface area contributed by atoms with Gasteiger partial charge in [-0.2, -0.15) is 5.10 Å². The SMILES string of the molecule is Cc1ccc(C)c2c(O)c(C3=Nc4ccccc4NC(c4cn(-c5ccccc5)nc4-c4ccccc4O)C3)c(=O)oc12. The number of fused-ring (bicyclic) bond motifs is 2. The molecular weight excluding hydrogens is 540 g/mol. The van der Waals surface area contributed by atoms with E-state index in [-0.39, 0.29) is 23.5 Å². The molecule has 6 aromatic rings. The average molecular weight is 569 g/mol. The minimum Gasteiger partial charge on any atom is -0.507 e. The van der Waals surface area contributed by atoms with Gasteiger partial charge in [0.2, 0.25) is 0 Å². The van der Waals surface area contributed by atoms with Crippen molar-refractivity contribution in [3.05, 3.63) is 130 Å². The Balaban J connectivity index is 1.45. The van der Waals surface area contributed by atoms with Crippen molar-refractivity contribution in [1.82, 2.24) is 9.78 Å². The lowest BCUT2D eigenvalue weighted by molar-refractivity contribution is 0.465. The number of hydrogen-bond donors (Lipinski definition) is 3. The van der Waals surface area contributed by atoms with Gasteiger partial charge in [-0.1, -0.05) is 54.6 Å². The van der Waals surface area contributed by atoms with E-state index >= 15 is 0 Å². The third-order valence-corrected chi connectivity index (χ3v) is 7.91. The van der Waals surface area contributed by atoms with Crippen LogP contribution in [0.3, 0.4) is 0 Å². The standard InChI is InChI=1S/C35H28N4O4/c1-20-16-17-21(2)34-30(20)33(41)31(35(42)43-34)28-18-27(36-25-13-7-8-14-26(25)37-28)24-19-39(22-10-4-3-5-11-22)38-32(24)23-12-6-9-15-29(23)40/h3-17,19,27,36,40-41H,18H2,1-2H3. The molecule has 4 aromatic carbocycles. The van der Waals surface area contributed by atoms with E-state index in [9.17, 15) is 15.0 Å². The first-order valence-corrected chi connectivity index (χ1v) is 14.0. The number of rotatable bonds is 4. The van der Waals surface area contributed by atoms with Crippen molar-refractivity contribution in [1.29, 1.82) is 0 Å². The smallest absolute Gasteiger partial charge is 0.349 e. The molecule has 0 fully saturated rings. The van der Waals surface area contributed by atoms with Crippen LogP contribution in [0, 0.1) is 13.8 Å². The largest absolute Gasteiger partial charge is 0.507 e. The number of benzene rings is 4. The summed E-state index contributed by atoms with van der Waals surface area (Å²) in [5.41, 5.74) is 5.84. The molecule has 3 N–H and O–H groups in total. The van der Waals surface area contributed by atoms with Gasteiger partial charge in [0.25, 0.3) is 0 Å². The summed E-state index contributed by atoms with van der Waals surface area (Å²) in [5, 5.41) is 31.5. The fourth-order valence-electron chi connectivity index (χ4n) is 5.73. The van der Waals surface area contributed by atoms with Crippen LogP contribution in [-0.2, 0) is 0 Å². The number of nitrogens with one attached hydrogen (secondary N) is 1. The van der Waals surface area contributed by atoms with Crippen LogP contribution in [0.1, 0.15) is 34.7 Å². The highest BCUT2D eigenvalue weighted by Crippen LogP contribution is 2.42. The van der Waals surface area contributed by atoms with E-state index in [1.807, 2.05) is 98.9 Å². The second-order valence-corrected chi connectivity index (χ2v) is 10.7. The molecule has 0 bridgehead atoms. The fourth-order valence-corrected chi connectivity index (χ4v) is 5.73. The van der Waals surface area contributed by atoms with E-state index in [0.29, 0.717) is 33.6 Å². The molecule has 0 saturated carbocycles. The summed E-state index contributed by atoms with van der Waals surface area (Å²) in [4.78, 5) is 18.4. The van der Waals surface area contributed by atoms with Gasteiger partial charge in [-0.3, -0.25) is 4.99 Å². The number of aliphatic imine (C=N–C) groups is 1. The molecule has 1 aliphatic rings. The van der Waals surface area contributed by atoms with Gasteiger partial charge in [0.1, 0.15) is 28.3 Å². The Morgan fingerprint density at radius 3 is 2.42 bits per heavy atom. The number of anilines is 1. The normalized spacial score (nSPS) is 14.6. The maximum atomic E-state index is 13.5. The first-order valence-electron chi connectivity index (χ1n) is 14.0. The van der Waals surface area contributed by atoms with Crippen LogP contribution >= 0.6 is 0 Å². The number of aromatic nitrogens is 2. The Bertz CT molecular complexity index is 2110. The van der Waals surface area contributed by atoms with E-state index in [2.05, 4.69) is 5.32 Å². The quantitative estimate of drug-likeness (QED) is 0.192. The van der Waals surface area contributed by atoms with E-state index in [1.165, 1.54) is 0 Å². The summed E-state index contributed by atoms with van der Waals surface area (Å²) in [6.45, 7) is 3.71. The Labute approximate surface area is 247 Å². The van der Waals surface area contributed by atoms with Gasteiger partial charge in [0.05, 0.1) is 34.2 Å². The molecule has 8 nitrogen and oxygen atoms in total. The molecule has 8 heteroatoms. The zero-order chi connectivity index (χ0) is 29.7. The summed E-state index contributed by atoms with van der Waals surface area (Å²) in [6, 6.07) is 27.7. The zero-order valence-corrected chi connectivity index (χ0v) is 23.6. The number of phenolic OH excluding ortho intramolecular Hbond substituents is 1. The Morgan fingerprint density at radius 2 is 1.60 bits per heavy atom. The predicted octanol–water partition coefficient (Wildman–Crippen LogP) is 7.35. The molecule has 7 rings (SSSR count). The molecule has 1 unspecified atom stereocenters. The molecule has 0 saturated heterocycles. The first kappa shape index (κ1) is 26.3. The summed E-state index contributed by atoms with van der Waals surface area (Å²) >= 11 is 0. The Kier molecular flexibility index (Phi) is 6.31. The number of aromatic hydroxyl groups is 2. The Morgan fingerprint density at radius 1 is 0.884 bits per heavy atom. The maximum Gasteiger partial charge on any atom is 0.349 e. The summed E-state index contributed by atoms with van der Waals surface area (Å²) < 4.78 is 7.59. The van der Waals surface area contributed by atoms with Gasteiger partial charge in [-0.05, 0) is 61.4 Å². The van der Waals surface area contributed by atoms with Gasteiger partial charge < -0.3 is 19.9 Å². The molecule has 0 spiro atoms. The second-order valence-electron chi connectivity index (χ2n) is 10.7. The van der Waals surface area contributed by atoms with Crippen molar-refractivity contribution in [2.45, 2.75) is 26.3 Å². The highest BCUT2D eigenvalue weighted by Gasteiger charge is 2.30. The second kappa shape index (κ2) is 10.3. The molecule has 1 aliphatic heterocycles. The lowest BCUT2D eigenvalue weighted by atomic mass is 9.94. The lowest BCUT2D eigenvalue weighted by Gasteiger charge is -2.19. The van der Waals surface area contributed by atoms with Crippen molar-refractivity contribution < 1.29 is 14.6 Å². The first-order chi connectivity index (χ1) is 20.9. The molecule has 43 heavy (non-hydrogen) atoms. The van der Waals surface area contributed by atoms with Crippen molar-refractivity contribution >= 4 is 28.1 Å². The topological polar surface area (TPSA) is 113 Å². The van der Waals surface area contributed by atoms with Crippen LogP contribution in [0.15, 0.2) is 111 Å². The van der Waals surface area contributed by atoms with E-state index in [0.717, 1.165) is 28.1 Å². The minimum absolute atomic E-state index is 0.0317. The van der Waals surface area contributed by atoms with Crippen molar-refractivity contribution in [2.75, 3.05) is 5.32 Å². The lowest BCUT2D eigenvalue weighted by Crippen LogP contribution is -2.20. The number of aryl methyl sites for hydroxylation is 2. The fraction of sp³-hybridized carbons (Fsp3) is 0.114. The van der Waals surface area contributed by atoms with Crippen LogP contribution in [0.25, 0.3) is 27.9 Å². The maximum absolute atomic E-state index is 13.5. The van der Waals surface area contributed by atoms with Crippen molar-refractivity contribution in [2.24, 2.45) is 4.99 Å². The number of para-hydroxylation sites is 4. The number of nitrogens with zero attached hydrogens (tertiary/aromatic N) is 3. The van der Waals surface area contributed by atoms with Crippen LogP contribution in [0.4, 0.5) is 11.4 Å². The van der Waals surface area contributed by atoms with Crippen molar-refractivity contribution in [3.8, 4) is 28.4 Å². The highest BCUT2D eigenvalue weighted by molar-refractivity contribution is 6.09. The summed E-state index contributed by atoms with van der Waals surface area (Å²) in [6.07, 6.45) is 2.15. The van der Waals surface area contributed by atoms with Crippen molar-refractivity contribution in [3.63, 3.8) is 0 Å². The molecule has 0 radical (unpaired) electrons. The van der Waals surface area contributed by atoms with Gasteiger partial charge in [0, 0.05) is 23.7 Å². The molecule has 212 valence electrons. The molecule has 3 heterocycles. The Hall–Kier alpha value is -5.63. The number of phenols is 1. The van der Waals surface area contributed by atoms with E-state index < -0.39 is 11.7 Å². The van der Waals surface area contributed by atoms with Gasteiger partial charge in [0.15, 0.2) is 0 Å². The summed E-state index contributed by atoms with van der Waals surface area (Å²) in [7, 11) is 0. The molecule has 0 amide bonds. The summed E-state index contributed by atoms with van der Waals surface area (Å²) in [5.74, 6) is -0.0473. The zero-order valence-electron chi connectivity index (χ0n) is 23.6. The van der Waals surface area contributed by atoms with E-state index in [4.69, 9.17) is 14.5 Å². The van der Waals surface area contributed by atoms with Gasteiger partial charge in [-0.25, -0.2) is 9.48 Å². The van der Waals surface area contributed by atoms with E-state index in [1.54, 1.807) is 16.8 Å². The molecule has 1 atom stereocenters. The highest BCUT2D eigenvalue weighted by atomic mass is 16.4. The van der Waals surface area contributed by atoms with Gasteiger partial charge >= 0.3 is 5.63 Å². The monoisotopic (exact) mass is 568 g/mol. The molecular formula is C35H28N4O4. The van der Waals surface area contributed by atoms with Crippen LogP contribution in [0.5, 0.6) is 11.5 Å². The van der Waals surface area contributed by atoms with Crippen LogP contribution in [0.2, 0.25) is 0 Å². The van der Waals surface area contributed by atoms with Crippen LogP contribution in [-0.4, -0.2) is 25.7 Å². The third kappa shape index (κ3) is 4.53. The average Bonchev–Trinajstić information content (AvgIpc) is 3.36. The molecule has 2 aromatic heterocycles. The minimum atomic E-state index is -0.656. The van der Waals surface area contributed by atoms with Gasteiger partial charge in [-0.15, -0.1) is 0 Å². The predicted molar refractivity (Wildman–Crippen MR) is 168 cm³/mol.